The van der Waals surface area contributed by atoms with Gasteiger partial charge in [0.15, 0.2) is 11.8 Å². The molecule has 0 aliphatic heterocycles. The van der Waals surface area contributed by atoms with Crippen LogP contribution in [0.3, 0.4) is 0 Å². The fraction of sp³-hybridized carbons (Fsp3) is 0.0952. The summed E-state index contributed by atoms with van der Waals surface area (Å²) in [5, 5.41) is 2.99. The molecule has 0 radical (unpaired) electrons. The van der Waals surface area contributed by atoms with Crippen molar-refractivity contribution in [1.82, 2.24) is 9.88 Å². The van der Waals surface area contributed by atoms with Crippen LogP contribution in [0.5, 0.6) is 0 Å². The van der Waals surface area contributed by atoms with Gasteiger partial charge in [-0.25, -0.2) is 0 Å². The molecule has 5 nitrogen and oxygen atoms in total. The number of nitrogens with one attached hydrogen (secondary N) is 1. The van der Waals surface area contributed by atoms with Gasteiger partial charge >= 0.3 is 0 Å². The van der Waals surface area contributed by atoms with Crippen LogP contribution < -0.4 is 10.9 Å². The second-order valence-corrected chi connectivity index (χ2v) is 6.37. The Kier molecular flexibility index (Phi) is 5.84. The summed E-state index contributed by atoms with van der Waals surface area (Å²) in [5.74, 6) is -1.05. The van der Waals surface area contributed by atoms with Crippen molar-refractivity contribution in [3.05, 3.63) is 105 Å². The van der Waals surface area contributed by atoms with Gasteiger partial charge in [-0.05, 0) is 11.6 Å². The maximum absolute atomic E-state index is 13.0. The molecule has 0 unspecified atom stereocenters. The van der Waals surface area contributed by atoms with Crippen molar-refractivity contribution in [3.8, 4) is 0 Å². The predicted molar refractivity (Wildman–Crippen MR) is 104 cm³/mol. The average Bonchev–Trinajstić information content (AvgIpc) is 2.70. The molecule has 3 aromatic rings. The molecular formula is C21H17ClN2O3. The number of halogens is 1. The minimum Gasteiger partial charge on any atom is -0.350 e. The summed E-state index contributed by atoms with van der Waals surface area (Å²) in [6, 6.07) is 19.0. The van der Waals surface area contributed by atoms with Crippen molar-refractivity contribution >= 4 is 23.3 Å². The predicted octanol–water partition coefficient (Wildman–Crippen LogP) is 3.24. The van der Waals surface area contributed by atoms with Crippen LogP contribution in [0.25, 0.3) is 0 Å². The average molecular weight is 381 g/mol. The number of benzene rings is 2. The highest BCUT2D eigenvalue weighted by Crippen LogP contribution is 2.16. The summed E-state index contributed by atoms with van der Waals surface area (Å²) in [4.78, 5) is 38.2. The molecule has 0 bridgehead atoms. The third kappa shape index (κ3) is 4.51. The van der Waals surface area contributed by atoms with Gasteiger partial charge in [-0.1, -0.05) is 72.3 Å². The molecule has 136 valence electrons. The smallest absolute Gasteiger partial charge is 0.251 e. The number of carbonyl (C=O) groups is 2. The number of ketones is 1. The first-order chi connectivity index (χ1) is 13.1. The van der Waals surface area contributed by atoms with Gasteiger partial charge in [0.2, 0.25) is 0 Å². The molecule has 2 aromatic carbocycles. The fourth-order valence-corrected chi connectivity index (χ4v) is 2.86. The lowest BCUT2D eigenvalue weighted by Gasteiger charge is -2.19. The standard InChI is InChI=1S/C21H17ClN2O3/c22-17-11-12-18(25)24(14-17)19(20(26)16-9-5-2-6-10-16)21(27)23-13-15-7-3-1-4-8-15/h1-12,14,19H,13H2,(H,23,27)/t19-/m1/s1. The zero-order valence-electron chi connectivity index (χ0n) is 14.3. The van der Waals surface area contributed by atoms with E-state index in [1.165, 1.54) is 18.3 Å². The van der Waals surface area contributed by atoms with Gasteiger partial charge in [-0.2, -0.15) is 0 Å². The molecule has 6 heteroatoms. The van der Waals surface area contributed by atoms with Crippen LogP contribution in [0, 0.1) is 0 Å². The molecule has 0 saturated heterocycles. The number of hydrogen-bond acceptors (Lipinski definition) is 3. The molecule has 0 aliphatic carbocycles. The third-order valence-corrected chi connectivity index (χ3v) is 4.27. The van der Waals surface area contributed by atoms with E-state index in [1.807, 2.05) is 30.3 Å². The highest BCUT2D eigenvalue weighted by atomic mass is 35.5. The highest BCUT2D eigenvalue weighted by molar-refractivity contribution is 6.30. The van der Waals surface area contributed by atoms with Gasteiger partial charge in [0.05, 0.1) is 5.02 Å². The Balaban J connectivity index is 1.94. The molecule has 3 rings (SSSR count). The molecule has 1 aromatic heterocycles. The van der Waals surface area contributed by atoms with Gasteiger partial charge in [0.25, 0.3) is 11.5 Å². The zero-order valence-corrected chi connectivity index (χ0v) is 15.1. The number of pyridine rings is 1. The summed E-state index contributed by atoms with van der Waals surface area (Å²) < 4.78 is 1.07. The lowest BCUT2D eigenvalue weighted by Crippen LogP contribution is -2.41. The lowest BCUT2D eigenvalue weighted by molar-refractivity contribution is -0.123. The van der Waals surface area contributed by atoms with E-state index in [-0.39, 0.29) is 11.6 Å². The van der Waals surface area contributed by atoms with Gasteiger partial charge in [-0.3, -0.25) is 19.0 Å². The van der Waals surface area contributed by atoms with Crippen LogP contribution >= 0.6 is 11.6 Å². The molecular weight excluding hydrogens is 364 g/mol. The maximum Gasteiger partial charge on any atom is 0.251 e. The largest absolute Gasteiger partial charge is 0.350 e. The molecule has 0 saturated carbocycles. The van der Waals surface area contributed by atoms with E-state index in [9.17, 15) is 14.4 Å². The minimum absolute atomic E-state index is 0.244. The number of nitrogens with zero attached hydrogens (tertiary/aromatic N) is 1. The first-order valence-electron chi connectivity index (χ1n) is 8.35. The lowest BCUT2D eigenvalue weighted by atomic mass is 10.0. The summed E-state index contributed by atoms with van der Waals surface area (Å²) in [5.41, 5.74) is 0.739. The number of amides is 1. The monoisotopic (exact) mass is 380 g/mol. The van der Waals surface area contributed by atoms with E-state index in [2.05, 4.69) is 5.32 Å². The Labute approximate surface area is 161 Å². The maximum atomic E-state index is 13.0. The Morgan fingerprint density at radius 3 is 2.22 bits per heavy atom. The first-order valence-corrected chi connectivity index (χ1v) is 8.72. The van der Waals surface area contributed by atoms with Gasteiger partial charge in [0.1, 0.15) is 0 Å². The SMILES string of the molecule is O=C(NCc1ccccc1)[C@@H](C(=O)c1ccccc1)n1cc(Cl)ccc1=O. The summed E-state index contributed by atoms with van der Waals surface area (Å²) in [6.07, 6.45) is 1.30. The van der Waals surface area contributed by atoms with Crippen molar-refractivity contribution in [2.24, 2.45) is 0 Å². The van der Waals surface area contributed by atoms with E-state index in [0.29, 0.717) is 5.56 Å². The van der Waals surface area contributed by atoms with Gasteiger partial charge < -0.3 is 5.32 Å². The number of rotatable bonds is 6. The van der Waals surface area contributed by atoms with E-state index in [0.717, 1.165) is 10.1 Å². The Morgan fingerprint density at radius 2 is 1.56 bits per heavy atom. The minimum atomic E-state index is -1.35. The Hall–Kier alpha value is -3.18. The molecule has 1 N–H and O–H groups in total. The molecule has 0 aliphatic rings. The van der Waals surface area contributed by atoms with Gasteiger partial charge in [0, 0.05) is 24.4 Å². The summed E-state index contributed by atoms with van der Waals surface area (Å²) >= 11 is 5.99. The van der Waals surface area contributed by atoms with Crippen LogP contribution in [0.4, 0.5) is 0 Å². The highest BCUT2D eigenvalue weighted by Gasteiger charge is 2.30. The molecule has 1 heterocycles. The quantitative estimate of drug-likeness (QED) is 0.527. The van der Waals surface area contributed by atoms with Gasteiger partial charge in [-0.15, -0.1) is 0 Å². The number of carbonyl (C=O) groups excluding carboxylic acids is 2. The molecule has 1 amide bonds. The van der Waals surface area contributed by atoms with E-state index in [4.69, 9.17) is 11.6 Å². The molecule has 27 heavy (non-hydrogen) atoms. The Bertz CT molecular complexity index is 1000. The van der Waals surface area contributed by atoms with Crippen molar-refractivity contribution < 1.29 is 9.59 Å². The van der Waals surface area contributed by atoms with E-state index < -0.39 is 23.3 Å². The van der Waals surface area contributed by atoms with Crippen LogP contribution in [-0.4, -0.2) is 16.3 Å². The first kappa shape index (κ1) is 18.6. The van der Waals surface area contributed by atoms with Crippen molar-refractivity contribution in [3.63, 3.8) is 0 Å². The second kappa shape index (κ2) is 8.47. The topological polar surface area (TPSA) is 68.2 Å². The van der Waals surface area contributed by atoms with Crippen LogP contribution in [0.2, 0.25) is 5.02 Å². The van der Waals surface area contributed by atoms with Crippen molar-refractivity contribution in [1.29, 1.82) is 0 Å². The number of Topliss-reactive ketones (excluding diaryl/α,β-unsaturated/α-hetero) is 1. The van der Waals surface area contributed by atoms with Crippen LogP contribution in [0.1, 0.15) is 22.0 Å². The zero-order chi connectivity index (χ0) is 19.2. The van der Waals surface area contributed by atoms with E-state index in [1.54, 1.807) is 30.3 Å². The number of hydrogen-bond donors (Lipinski definition) is 1. The molecule has 1 atom stereocenters. The molecule has 0 fully saturated rings. The summed E-state index contributed by atoms with van der Waals surface area (Å²) in [6.45, 7) is 0.244. The van der Waals surface area contributed by atoms with Crippen molar-refractivity contribution in [2.45, 2.75) is 12.6 Å². The van der Waals surface area contributed by atoms with E-state index >= 15 is 0 Å². The summed E-state index contributed by atoms with van der Waals surface area (Å²) in [7, 11) is 0. The Morgan fingerprint density at radius 1 is 0.926 bits per heavy atom. The van der Waals surface area contributed by atoms with Crippen LogP contribution in [0.15, 0.2) is 83.8 Å². The number of aromatic nitrogens is 1. The normalized spacial score (nSPS) is 11.6. The third-order valence-electron chi connectivity index (χ3n) is 4.04. The van der Waals surface area contributed by atoms with Crippen molar-refractivity contribution in [2.75, 3.05) is 0 Å². The fourth-order valence-electron chi connectivity index (χ4n) is 2.69. The van der Waals surface area contributed by atoms with Crippen LogP contribution in [-0.2, 0) is 11.3 Å². The molecule has 0 spiro atoms. The second-order valence-electron chi connectivity index (χ2n) is 5.93.